The van der Waals surface area contributed by atoms with Crippen molar-refractivity contribution in [1.82, 2.24) is 4.90 Å². The highest BCUT2D eigenvalue weighted by Gasteiger charge is 2.39. The third-order valence-electron chi connectivity index (χ3n) is 3.99. The number of hydrogen-bond acceptors (Lipinski definition) is 4. The zero-order valence-electron chi connectivity index (χ0n) is 13.3. The van der Waals surface area contributed by atoms with Crippen LogP contribution < -0.4 is 0 Å². The van der Waals surface area contributed by atoms with E-state index >= 15 is 0 Å². The van der Waals surface area contributed by atoms with Gasteiger partial charge >= 0.3 is 0 Å². The molecule has 0 radical (unpaired) electrons. The molecule has 0 aliphatic carbocycles. The van der Waals surface area contributed by atoms with Crippen molar-refractivity contribution in [3.63, 3.8) is 0 Å². The maximum absolute atomic E-state index is 12.1. The van der Waals surface area contributed by atoms with E-state index in [4.69, 9.17) is 0 Å². The molecule has 1 unspecified atom stereocenters. The first-order valence-electron chi connectivity index (χ1n) is 7.62. The van der Waals surface area contributed by atoms with E-state index in [9.17, 15) is 19.2 Å². The average Bonchev–Trinajstić information content (AvgIpc) is 2.69. The number of carbonyl (C=O) groups is 4. The van der Waals surface area contributed by atoms with E-state index in [0.717, 1.165) is 0 Å². The first kappa shape index (κ1) is 17.5. The molecule has 118 valence electrons. The van der Waals surface area contributed by atoms with Crippen molar-refractivity contribution in [1.29, 1.82) is 0 Å². The second-order valence-corrected chi connectivity index (χ2v) is 6.35. The van der Waals surface area contributed by atoms with Gasteiger partial charge in [0.2, 0.25) is 11.8 Å². The summed E-state index contributed by atoms with van der Waals surface area (Å²) in [6.45, 7) is 7.60. The van der Waals surface area contributed by atoms with E-state index in [1.807, 2.05) is 13.8 Å². The number of amides is 2. The first-order chi connectivity index (χ1) is 9.73. The van der Waals surface area contributed by atoms with Crippen LogP contribution in [0.2, 0.25) is 0 Å². The van der Waals surface area contributed by atoms with Crippen molar-refractivity contribution in [3.8, 4) is 0 Å². The number of nitrogens with zero attached hydrogens (tertiary/aromatic N) is 1. The predicted molar refractivity (Wildman–Crippen MR) is 78.4 cm³/mol. The van der Waals surface area contributed by atoms with Gasteiger partial charge in [-0.25, -0.2) is 0 Å². The molecule has 1 heterocycles. The number of carbonyl (C=O) groups excluding carboxylic acids is 4. The molecule has 5 nitrogen and oxygen atoms in total. The van der Waals surface area contributed by atoms with E-state index in [-0.39, 0.29) is 73.4 Å². The van der Waals surface area contributed by atoms with Crippen molar-refractivity contribution in [2.45, 2.75) is 53.4 Å². The van der Waals surface area contributed by atoms with Crippen molar-refractivity contribution in [3.05, 3.63) is 0 Å². The lowest BCUT2D eigenvalue weighted by Gasteiger charge is -2.16. The Morgan fingerprint density at radius 3 is 2.19 bits per heavy atom. The van der Waals surface area contributed by atoms with Crippen molar-refractivity contribution < 1.29 is 19.2 Å². The van der Waals surface area contributed by atoms with Crippen LogP contribution in [0, 0.1) is 17.8 Å². The molecule has 5 heteroatoms. The van der Waals surface area contributed by atoms with Crippen LogP contribution in [-0.4, -0.2) is 34.8 Å². The molecule has 21 heavy (non-hydrogen) atoms. The SMILES string of the molecule is CC(C)C(=O)CCC(=O)CCN1C(=O)CC(C(C)C)C1=O. The van der Waals surface area contributed by atoms with Crippen molar-refractivity contribution in [2.75, 3.05) is 6.54 Å². The van der Waals surface area contributed by atoms with Crippen LogP contribution in [0.15, 0.2) is 0 Å². The van der Waals surface area contributed by atoms with Gasteiger partial charge in [-0.2, -0.15) is 0 Å². The molecular weight excluding hydrogens is 270 g/mol. The van der Waals surface area contributed by atoms with Crippen molar-refractivity contribution in [2.24, 2.45) is 17.8 Å². The Bertz CT molecular complexity index is 440. The van der Waals surface area contributed by atoms with Gasteiger partial charge in [0.1, 0.15) is 11.6 Å². The van der Waals surface area contributed by atoms with E-state index in [0.29, 0.717) is 0 Å². The Morgan fingerprint density at radius 2 is 1.71 bits per heavy atom. The minimum atomic E-state index is -0.255. The van der Waals surface area contributed by atoms with E-state index in [1.165, 1.54) is 4.90 Å². The predicted octanol–water partition coefficient (Wildman–Crippen LogP) is 1.98. The average molecular weight is 295 g/mol. The molecule has 2 amide bonds. The van der Waals surface area contributed by atoms with Gasteiger partial charge in [-0.3, -0.25) is 24.1 Å². The lowest BCUT2D eigenvalue weighted by molar-refractivity contribution is -0.140. The second kappa shape index (κ2) is 7.48. The Balaban J connectivity index is 2.41. The highest BCUT2D eigenvalue weighted by atomic mass is 16.2. The molecule has 1 rings (SSSR count). The fraction of sp³-hybridized carbons (Fsp3) is 0.750. The molecule has 1 aliphatic rings. The van der Waals surface area contributed by atoms with Crippen LogP contribution >= 0.6 is 0 Å². The number of likely N-dealkylation sites (tertiary alicyclic amines) is 1. The van der Waals surface area contributed by atoms with E-state index in [1.54, 1.807) is 13.8 Å². The number of hydrogen-bond donors (Lipinski definition) is 0. The van der Waals surface area contributed by atoms with Gasteiger partial charge in [0, 0.05) is 44.1 Å². The van der Waals surface area contributed by atoms with Gasteiger partial charge in [0.05, 0.1) is 0 Å². The zero-order valence-corrected chi connectivity index (χ0v) is 13.3. The Labute approximate surface area is 126 Å². The molecule has 0 aromatic carbocycles. The molecule has 0 saturated carbocycles. The molecule has 0 spiro atoms. The number of rotatable bonds is 8. The Hall–Kier alpha value is -1.52. The van der Waals surface area contributed by atoms with Crippen LogP contribution in [-0.2, 0) is 19.2 Å². The van der Waals surface area contributed by atoms with Crippen molar-refractivity contribution >= 4 is 23.4 Å². The summed E-state index contributed by atoms with van der Waals surface area (Å²) >= 11 is 0. The topological polar surface area (TPSA) is 71.5 Å². The molecule has 0 aromatic heterocycles. The summed E-state index contributed by atoms with van der Waals surface area (Å²) in [5.41, 5.74) is 0. The van der Waals surface area contributed by atoms with Crippen LogP contribution in [0.3, 0.4) is 0 Å². The van der Waals surface area contributed by atoms with E-state index in [2.05, 4.69) is 0 Å². The van der Waals surface area contributed by atoms with Gasteiger partial charge in [0.25, 0.3) is 0 Å². The molecule has 0 N–H and O–H groups in total. The summed E-state index contributed by atoms with van der Waals surface area (Å²) in [5.74, 6) is -0.549. The summed E-state index contributed by atoms with van der Waals surface area (Å²) in [7, 11) is 0. The Kier molecular flexibility index (Phi) is 6.24. The summed E-state index contributed by atoms with van der Waals surface area (Å²) in [6.07, 6.45) is 0.831. The monoisotopic (exact) mass is 295 g/mol. The standard InChI is InChI=1S/C16H25NO4/c1-10(2)13-9-15(20)17(16(13)21)8-7-12(18)5-6-14(19)11(3)4/h10-11,13H,5-9H2,1-4H3. The van der Waals surface area contributed by atoms with Crippen LogP contribution in [0.4, 0.5) is 0 Å². The van der Waals surface area contributed by atoms with Crippen LogP contribution in [0.1, 0.15) is 53.4 Å². The number of imide groups is 1. The van der Waals surface area contributed by atoms with Gasteiger partial charge in [-0.15, -0.1) is 0 Å². The summed E-state index contributed by atoms with van der Waals surface area (Å²) in [6, 6.07) is 0. The molecular formula is C16H25NO4. The minimum Gasteiger partial charge on any atom is -0.300 e. The fourth-order valence-corrected chi connectivity index (χ4v) is 2.38. The molecule has 1 atom stereocenters. The highest BCUT2D eigenvalue weighted by Crippen LogP contribution is 2.26. The number of ketones is 2. The molecule has 0 bridgehead atoms. The van der Waals surface area contributed by atoms with Crippen LogP contribution in [0.5, 0.6) is 0 Å². The summed E-state index contributed by atoms with van der Waals surface area (Å²) in [4.78, 5) is 48.3. The Morgan fingerprint density at radius 1 is 1.10 bits per heavy atom. The molecule has 1 saturated heterocycles. The van der Waals surface area contributed by atoms with Gasteiger partial charge < -0.3 is 0 Å². The lowest BCUT2D eigenvalue weighted by Crippen LogP contribution is -2.33. The maximum Gasteiger partial charge on any atom is 0.233 e. The molecule has 1 aliphatic heterocycles. The quantitative estimate of drug-likeness (QED) is 0.642. The second-order valence-electron chi connectivity index (χ2n) is 6.35. The third kappa shape index (κ3) is 4.76. The van der Waals surface area contributed by atoms with Gasteiger partial charge in [-0.05, 0) is 5.92 Å². The first-order valence-corrected chi connectivity index (χ1v) is 7.62. The summed E-state index contributed by atoms with van der Waals surface area (Å²) in [5, 5.41) is 0. The smallest absolute Gasteiger partial charge is 0.233 e. The minimum absolute atomic E-state index is 0.0636. The summed E-state index contributed by atoms with van der Waals surface area (Å²) < 4.78 is 0. The largest absolute Gasteiger partial charge is 0.300 e. The zero-order chi connectivity index (χ0) is 16.2. The van der Waals surface area contributed by atoms with Gasteiger partial charge in [0.15, 0.2) is 0 Å². The maximum atomic E-state index is 12.1. The van der Waals surface area contributed by atoms with E-state index < -0.39 is 0 Å². The molecule has 1 fully saturated rings. The molecule has 0 aromatic rings. The van der Waals surface area contributed by atoms with Crippen LogP contribution in [0.25, 0.3) is 0 Å². The fourth-order valence-electron chi connectivity index (χ4n) is 2.38. The lowest BCUT2D eigenvalue weighted by atomic mass is 9.94. The third-order valence-corrected chi connectivity index (χ3v) is 3.99. The van der Waals surface area contributed by atoms with Gasteiger partial charge in [-0.1, -0.05) is 27.7 Å². The highest BCUT2D eigenvalue weighted by molar-refractivity contribution is 6.04. The number of Topliss-reactive ketones (excluding diaryl/α,β-unsaturated/α-hetero) is 2. The normalized spacial score (nSPS) is 19.0.